The Morgan fingerprint density at radius 3 is 2.45 bits per heavy atom. The second-order valence-corrected chi connectivity index (χ2v) is 4.64. The van der Waals surface area contributed by atoms with Crippen molar-refractivity contribution in [3.05, 3.63) is 65.7 Å². The van der Waals surface area contributed by atoms with Crippen LogP contribution >= 0.6 is 0 Å². The Labute approximate surface area is 128 Å². The van der Waals surface area contributed by atoms with Crippen molar-refractivity contribution in [2.45, 2.75) is 12.5 Å². The van der Waals surface area contributed by atoms with Crippen molar-refractivity contribution in [1.82, 2.24) is 0 Å². The number of esters is 1. The maximum atomic E-state index is 12.1. The molecule has 0 fully saturated rings. The lowest BCUT2D eigenvalue weighted by Crippen LogP contribution is -2.23. The highest BCUT2D eigenvalue weighted by Gasteiger charge is 2.30. The Kier molecular flexibility index (Phi) is 5.14. The highest BCUT2D eigenvalue weighted by atomic mass is 16.5. The van der Waals surface area contributed by atoms with E-state index in [1.54, 1.807) is 30.3 Å². The molecular weight excluding hydrogens is 284 g/mol. The zero-order chi connectivity index (χ0) is 15.9. The van der Waals surface area contributed by atoms with E-state index in [9.17, 15) is 14.7 Å². The maximum absolute atomic E-state index is 12.1. The summed E-state index contributed by atoms with van der Waals surface area (Å²) in [5, 5.41) is 9.32. The molecule has 0 bridgehead atoms. The van der Waals surface area contributed by atoms with Gasteiger partial charge in [-0.25, -0.2) is 0 Å². The van der Waals surface area contributed by atoms with Crippen LogP contribution in [0.1, 0.15) is 17.0 Å². The van der Waals surface area contributed by atoms with Gasteiger partial charge in [0, 0.05) is 0 Å². The first kappa shape index (κ1) is 15.6. The lowest BCUT2D eigenvalue weighted by atomic mass is 9.99. The molecule has 2 aromatic rings. The van der Waals surface area contributed by atoms with Gasteiger partial charge >= 0.3 is 11.9 Å². The fourth-order valence-corrected chi connectivity index (χ4v) is 2.01. The third-order valence-corrected chi connectivity index (χ3v) is 3.13. The van der Waals surface area contributed by atoms with Crippen LogP contribution in [0.5, 0.6) is 5.75 Å². The summed E-state index contributed by atoms with van der Waals surface area (Å²) in [6.07, 6.45) is 0. The molecule has 5 heteroatoms. The first-order valence-corrected chi connectivity index (χ1v) is 6.69. The average molecular weight is 300 g/mol. The number of carbonyl (C=O) groups excluding carboxylic acids is 1. The van der Waals surface area contributed by atoms with Crippen molar-refractivity contribution >= 4 is 11.9 Å². The standard InChI is InChI=1S/C17H16O5/c1-21-14-9-5-8-13(10-14)15(16(18)19)17(20)22-11-12-6-3-2-4-7-12/h2-10,15H,11H2,1H3,(H,18,19). The number of hydrogen-bond acceptors (Lipinski definition) is 4. The van der Waals surface area contributed by atoms with E-state index in [-0.39, 0.29) is 6.61 Å². The summed E-state index contributed by atoms with van der Waals surface area (Å²) in [6, 6.07) is 15.5. The van der Waals surface area contributed by atoms with Crippen LogP contribution in [0, 0.1) is 0 Å². The number of hydrogen-bond donors (Lipinski definition) is 1. The lowest BCUT2D eigenvalue weighted by molar-refractivity contribution is -0.155. The minimum Gasteiger partial charge on any atom is -0.497 e. The summed E-state index contributed by atoms with van der Waals surface area (Å²) in [4.78, 5) is 23.5. The van der Waals surface area contributed by atoms with Crippen LogP contribution in [0.2, 0.25) is 0 Å². The van der Waals surface area contributed by atoms with Gasteiger partial charge in [0.25, 0.3) is 0 Å². The first-order chi connectivity index (χ1) is 10.6. The molecule has 22 heavy (non-hydrogen) atoms. The van der Waals surface area contributed by atoms with E-state index in [1.165, 1.54) is 13.2 Å². The van der Waals surface area contributed by atoms with E-state index in [1.807, 2.05) is 18.2 Å². The monoisotopic (exact) mass is 300 g/mol. The van der Waals surface area contributed by atoms with Crippen molar-refractivity contribution in [2.75, 3.05) is 7.11 Å². The van der Waals surface area contributed by atoms with Crippen LogP contribution < -0.4 is 4.74 Å². The maximum Gasteiger partial charge on any atom is 0.325 e. The molecule has 5 nitrogen and oxygen atoms in total. The van der Waals surface area contributed by atoms with Crippen LogP contribution in [0.3, 0.4) is 0 Å². The number of methoxy groups -OCH3 is 1. The molecule has 0 aromatic heterocycles. The van der Waals surface area contributed by atoms with Crippen molar-refractivity contribution in [3.8, 4) is 5.75 Å². The van der Waals surface area contributed by atoms with Crippen molar-refractivity contribution in [3.63, 3.8) is 0 Å². The zero-order valence-corrected chi connectivity index (χ0v) is 12.1. The molecule has 1 unspecified atom stereocenters. The minimum atomic E-state index is -1.38. The average Bonchev–Trinajstić information content (AvgIpc) is 2.54. The molecule has 0 amide bonds. The molecule has 0 spiro atoms. The van der Waals surface area contributed by atoms with Crippen molar-refractivity contribution in [2.24, 2.45) is 0 Å². The largest absolute Gasteiger partial charge is 0.497 e. The van der Waals surface area contributed by atoms with Gasteiger partial charge in [-0.2, -0.15) is 0 Å². The highest BCUT2D eigenvalue weighted by molar-refractivity contribution is 6.00. The number of carboxylic acids is 1. The molecule has 0 aliphatic rings. The molecule has 0 saturated carbocycles. The fraction of sp³-hybridized carbons (Fsp3) is 0.176. The quantitative estimate of drug-likeness (QED) is 0.656. The predicted molar refractivity (Wildman–Crippen MR) is 79.6 cm³/mol. The number of aliphatic carboxylic acids is 1. The molecule has 0 radical (unpaired) electrons. The third kappa shape index (κ3) is 3.85. The number of carbonyl (C=O) groups is 2. The van der Waals surface area contributed by atoms with E-state index in [2.05, 4.69) is 0 Å². The Balaban J connectivity index is 2.13. The summed E-state index contributed by atoms with van der Waals surface area (Å²) in [5.41, 5.74) is 1.12. The van der Waals surface area contributed by atoms with Gasteiger partial charge in [-0.05, 0) is 23.3 Å². The predicted octanol–water partition coefficient (Wildman–Crippen LogP) is 2.61. The summed E-state index contributed by atoms with van der Waals surface area (Å²) < 4.78 is 10.2. The van der Waals surface area contributed by atoms with Gasteiger partial charge in [0.2, 0.25) is 0 Å². The van der Waals surface area contributed by atoms with E-state index < -0.39 is 17.9 Å². The van der Waals surface area contributed by atoms with Crippen LogP contribution in [0.25, 0.3) is 0 Å². The topological polar surface area (TPSA) is 72.8 Å². The second-order valence-electron chi connectivity index (χ2n) is 4.64. The first-order valence-electron chi connectivity index (χ1n) is 6.69. The summed E-state index contributed by atoms with van der Waals surface area (Å²) in [6.45, 7) is 0.0351. The van der Waals surface area contributed by atoms with Gasteiger partial charge in [-0.1, -0.05) is 42.5 Å². The van der Waals surface area contributed by atoms with Crippen LogP contribution in [0.4, 0.5) is 0 Å². The molecule has 1 atom stereocenters. The molecule has 114 valence electrons. The molecular formula is C17H16O5. The van der Waals surface area contributed by atoms with Crippen LogP contribution in [-0.2, 0) is 20.9 Å². The molecule has 0 saturated heterocycles. The molecule has 0 aliphatic heterocycles. The van der Waals surface area contributed by atoms with Gasteiger partial charge in [0.1, 0.15) is 12.4 Å². The molecule has 2 aromatic carbocycles. The Morgan fingerprint density at radius 1 is 1.09 bits per heavy atom. The third-order valence-electron chi connectivity index (χ3n) is 3.13. The smallest absolute Gasteiger partial charge is 0.325 e. The number of rotatable bonds is 6. The van der Waals surface area contributed by atoms with Gasteiger partial charge < -0.3 is 14.6 Å². The number of benzene rings is 2. The van der Waals surface area contributed by atoms with Crippen LogP contribution in [-0.4, -0.2) is 24.2 Å². The molecule has 0 heterocycles. The summed E-state index contributed by atoms with van der Waals surface area (Å²) in [7, 11) is 1.47. The summed E-state index contributed by atoms with van der Waals surface area (Å²) in [5.74, 6) is -2.95. The van der Waals surface area contributed by atoms with E-state index in [4.69, 9.17) is 9.47 Å². The van der Waals surface area contributed by atoms with Gasteiger partial charge in [0.15, 0.2) is 5.92 Å². The van der Waals surface area contributed by atoms with E-state index in [0.717, 1.165) is 5.56 Å². The SMILES string of the molecule is COc1cccc(C(C(=O)O)C(=O)OCc2ccccc2)c1. The Bertz CT molecular complexity index is 651. The van der Waals surface area contributed by atoms with Gasteiger partial charge in [0.05, 0.1) is 7.11 Å². The normalized spacial score (nSPS) is 11.5. The van der Waals surface area contributed by atoms with E-state index in [0.29, 0.717) is 11.3 Å². The zero-order valence-electron chi connectivity index (χ0n) is 12.1. The van der Waals surface area contributed by atoms with Crippen molar-refractivity contribution < 1.29 is 24.2 Å². The fourth-order valence-electron chi connectivity index (χ4n) is 2.01. The van der Waals surface area contributed by atoms with Crippen LogP contribution in [0.15, 0.2) is 54.6 Å². The van der Waals surface area contributed by atoms with Crippen molar-refractivity contribution in [1.29, 1.82) is 0 Å². The molecule has 2 rings (SSSR count). The van der Waals surface area contributed by atoms with Gasteiger partial charge in [-0.3, -0.25) is 9.59 Å². The Morgan fingerprint density at radius 2 is 1.82 bits per heavy atom. The summed E-state index contributed by atoms with van der Waals surface area (Å²) >= 11 is 0. The minimum absolute atomic E-state index is 0.0351. The molecule has 1 N–H and O–H groups in total. The second kappa shape index (κ2) is 7.26. The number of carboxylic acid groups (broad SMARTS) is 1. The Hall–Kier alpha value is -2.82. The molecule has 0 aliphatic carbocycles. The van der Waals surface area contributed by atoms with Gasteiger partial charge in [-0.15, -0.1) is 0 Å². The lowest BCUT2D eigenvalue weighted by Gasteiger charge is -2.13. The van der Waals surface area contributed by atoms with E-state index >= 15 is 0 Å². The highest BCUT2D eigenvalue weighted by Crippen LogP contribution is 2.23. The number of ether oxygens (including phenoxy) is 2.